The summed E-state index contributed by atoms with van der Waals surface area (Å²) in [5.74, 6) is 0. The van der Waals surface area contributed by atoms with Crippen molar-refractivity contribution in [2.45, 2.75) is 40.0 Å². The van der Waals surface area contributed by atoms with Crippen LogP contribution in [0.25, 0.3) is 11.1 Å². The van der Waals surface area contributed by atoms with E-state index in [1.165, 1.54) is 39.0 Å². The first-order chi connectivity index (χ1) is 10.4. The fourth-order valence-corrected chi connectivity index (χ4v) is 3.38. The van der Waals surface area contributed by atoms with E-state index in [1.54, 1.807) is 0 Å². The van der Waals surface area contributed by atoms with Crippen LogP contribution in [0.2, 0.25) is 0 Å². The minimum absolute atomic E-state index is 0. The average Bonchev–Trinajstić information content (AvgIpc) is 2.94. The molecule has 0 atom stereocenters. The Kier molecular flexibility index (Phi) is 8.61. The number of aliphatic imine (C=N–C) groups is 1. The molecule has 0 radical (unpaired) electrons. The molecule has 1 aliphatic heterocycles. The van der Waals surface area contributed by atoms with Crippen LogP contribution in [-0.2, 0) is 31.6 Å². The molecule has 2 aromatic carbocycles. The molecular formula is C21H20Cl3NZr. The largest absolute Gasteiger partial charge is 4.00 e. The number of allylic oxidation sites excluding steroid dienone is 2. The van der Waals surface area contributed by atoms with Gasteiger partial charge in [0.05, 0.1) is 5.69 Å². The molecule has 134 valence electrons. The monoisotopic (exact) mass is 481 g/mol. The number of aryl methyl sites for hydroxylation is 1. The fourth-order valence-electron chi connectivity index (χ4n) is 3.38. The van der Waals surface area contributed by atoms with Gasteiger partial charge < -0.3 is 37.2 Å². The van der Waals surface area contributed by atoms with E-state index in [2.05, 4.69) is 71.0 Å². The minimum Gasteiger partial charge on any atom is -1.00 e. The Morgan fingerprint density at radius 2 is 1.58 bits per heavy atom. The van der Waals surface area contributed by atoms with Crippen molar-refractivity contribution in [3.05, 3.63) is 64.2 Å². The van der Waals surface area contributed by atoms with Crippen molar-refractivity contribution in [2.75, 3.05) is 0 Å². The van der Waals surface area contributed by atoms with Gasteiger partial charge in [0.1, 0.15) is 0 Å². The average molecular weight is 484 g/mol. The zero-order valence-electron chi connectivity index (χ0n) is 15.5. The molecule has 5 heteroatoms. The van der Waals surface area contributed by atoms with Crippen molar-refractivity contribution in [3.63, 3.8) is 0 Å². The van der Waals surface area contributed by atoms with Gasteiger partial charge in [-0.05, 0) is 29.5 Å². The van der Waals surface area contributed by atoms with E-state index in [-0.39, 0.29) is 68.8 Å². The maximum absolute atomic E-state index is 4.91. The third-order valence-corrected chi connectivity index (χ3v) is 4.70. The summed E-state index contributed by atoms with van der Waals surface area (Å²) in [4.78, 5) is 4.91. The van der Waals surface area contributed by atoms with Gasteiger partial charge in [-0.15, -0.1) is 34.9 Å². The van der Waals surface area contributed by atoms with Gasteiger partial charge in [0.25, 0.3) is 0 Å². The van der Waals surface area contributed by atoms with Gasteiger partial charge in [0, 0.05) is 5.71 Å². The zero-order chi connectivity index (χ0) is 15.6. The van der Waals surface area contributed by atoms with E-state index in [9.17, 15) is 0 Å². The van der Waals surface area contributed by atoms with Crippen molar-refractivity contribution < 1.29 is 63.4 Å². The molecule has 0 N–H and O–H groups in total. The molecule has 0 saturated heterocycles. The van der Waals surface area contributed by atoms with Crippen LogP contribution in [-0.4, -0.2) is 5.71 Å². The first-order valence-corrected chi connectivity index (χ1v) is 7.84. The molecule has 0 unspecified atom stereocenters. The first kappa shape index (κ1) is 25.6. The predicted molar refractivity (Wildman–Crippen MR) is 93.8 cm³/mol. The molecule has 1 heterocycles. The molecule has 0 bridgehead atoms. The number of hydrogen-bond donors (Lipinski definition) is 0. The van der Waals surface area contributed by atoms with Crippen LogP contribution in [0, 0.1) is 13.0 Å². The van der Waals surface area contributed by atoms with E-state index >= 15 is 0 Å². The van der Waals surface area contributed by atoms with E-state index in [4.69, 9.17) is 4.99 Å². The summed E-state index contributed by atoms with van der Waals surface area (Å²) in [6, 6.07) is 14.5. The standard InChI is InChI=1S/C21H20N.3ClH.Zr/c1-12-6-9-18-17(10-12)19-13(2)15-8-7-14(21(3,4)5)11-16(15)20(19)22-18;;;;/h6-7,9-11H,1-5H3;3*1H;/q-1;;;;+4/p-3. The number of hydrogen-bond acceptors (Lipinski definition) is 1. The first-order valence-electron chi connectivity index (χ1n) is 7.84. The number of benzene rings is 2. The number of halogens is 3. The maximum atomic E-state index is 4.91. The molecule has 2 aliphatic rings. The number of rotatable bonds is 0. The molecule has 1 nitrogen and oxygen atoms in total. The van der Waals surface area contributed by atoms with Gasteiger partial charge in [-0.25, -0.2) is 0 Å². The van der Waals surface area contributed by atoms with Crippen LogP contribution < -0.4 is 37.2 Å². The Balaban J connectivity index is 0.00000156. The maximum Gasteiger partial charge on any atom is 4.00 e. The smallest absolute Gasteiger partial charge is 1.00 e. The Bertz CT molecular complexity index is 893. The summed E-state index contributed by atoms with van der Waals surface area (Å²) in [7, 11) is 0. The van der Waals surface area contributed by atoms with Gasteiger partial charge in [-0.1, -0.05) is 51.0 Å². The summed E-state index contributed by atoms with van der Waals surface area (Å²) < 4.78 is 0. The zero-order valence-corrected chi connectivity index (χ0v) is 20.2. The second-order valence-electron chi connectivity index (χ2n) is 7.41. The second-order valence-corrected chi connectivity index (χ2v) is 7.41. The third-order valence-electron chi connectivity index (χ3n) is 4.70. The van der Waals surface area contributed by atoms with E-state index < -0.39 is 0 Å². The van der Waals surface area contributed by atoms with E-state index in [0.717, 1.165) is 11.4 Å². The summed E-state index contributed by atoms with van der Waals surface area (Å²) >= 11 is 0. The van der Waals surface area contributed by atoms with Crippen LogP contribution in [0.3, 0.4) is 0 Å². The number of fused-ring (bicyclic) bond motifs is 5. The molecular weight excluding hydrogens is 464 g/mol. The van der Waals surface area contributed by atoms with Crippen molar-refractivity contribution in [3.8, 4) is 0 Å². The Morgan fingerprint density at radius 3 is 2.19 bits per heavy atom. The molecule has 0 fully saturated rings. The van der Waals surface area contributed by atoms with Crippen molar-refractivity contribution in [2.24, 2.45) is 4.99 Å². The Morgan fingerprint density at radius 1 is 0.923 bits per heavy atom. The molecule has 2 aromatic rings. The van der Waals surface area contributed by atoms with Crippen LogP contribution in [0.5, 0.6) is 0 Å². The SMILES string of the molecule is CC1=C2C(=Nc3ccc(C)cc32)c2cc(C(C)(C)C)c[c-]c21.[Cl-].[Cl-].[Cl-].[Zr+4]. The molecule has 26 heavy (non-hydrogen) atoms. The fraction of sp³-hybridized carbons (Fsp3) is 0.286. The van der Waals surface area contributed by atoms with Gasteiger partial charge in [0.2, 0.25) is 0 Å². The summed E-state index contributed by atoms with van der Waals surface area (Å²) in [5, 5.41) is 0. The molecule has 0 amide bonds. The van der Waals surface area contributed by atoms with Crippen LogP contribution >= 0.6 is 0 Å². The molecule has 0 saturated carbocycles. The van der Waals surface area contributed by atoms with Crippen molar-refractivity contribution in [1.29, 1.82) is 0 Å². The predicted octanol–water partition coefficient (Wildman–Crippen LogP) is -3.52. The van der Waals surface area contributed by atoms with Crippen molar-refractivity contribution in [1.82, 2.24) is 0 Å². The topological polar surface area (TPSA) is 12.4 Å². The second kappa shape index (κ2) is 8.74. The van der Waals surface area contributed by atoms with Crippen LogP contribution in [0.1, 0.15) is 55.5 Å². The normalized spacial score (nSPS) is 13.2. The molecule has 1 aliphatic carbocycles. The van der Waals surface area contributed by atoms with Crippen LogP contribution in [0.4, 0.5) is 5.69 Å². The Hall–Kier alpha value is -0.397. The molecule has 4 rings (SSSR count). The quantitative estimate of drug-likeness (QED) is 0.345. The van der Waals surface area contributed by atoms with Gasteiger partial charge in [0.15, 0.2) is 0 Å². The number of nitrogens with zero attached hydrogens (tertiary/aromatic N) is 1. The molecule has 0 spiro atoms. The molecule has 0 aromatic heterocycles. The minimum atomic E-state index is 0. The summed E-state index contributed by atoms with van der Waals surface area (Å²) in [6.07, 6.45) is 0. The third kappa shape index (κ3) is 3.90. The van der Waals surface area contributed by atoms with E-state index in [0.29, 0.717) is 0 Å². The van der Waals surface area contributed by atoms with Gasteiger partial charge in [-0.2, -0.15) is 0 Å². The van der Waals surface area contributed by atoms with E-state index in [1.807, 2.05) is 0 Å². The summed E-state index contributed by atoms with van der Waals surface area (Å²) in [6.45, 7) is 11.1. The summed E-state index contributed by atoms with van der Waals surface area (Å²) in [5.41, 5.74) is 11.3. The van der Waals surface area contributed by atoms with Crippen LogP contribution in [0.15, 0.2) is 35.3 Å². The van der Waals surface area contributed by atoms with Crippen molar-refractivity contribution >= 4 is 22.5 Å². The Labute approximate surface area is 194 Å². The van der Waals surface area contributed by atoms with Gasteiger partial charge >= 0.3 is 26.2 Å². The van der Waals surface area contributed by atoms with Gasteiger partial charge in [-0.3, -0.25) is 4.99 Å².